The molecule has 30 heavy (non-hydrogen) atoms. The summed E-state index contributed by atoms with van der Waals surface area (Å²) in [7, 11) is 1.60. The summed E-state index contributed by atoms with van der Waals surface area (Å²) < 4.78 is 12.3. The third-order valence-electron chi connectivity index (χ3n) is 5.29. The van der Waals surface area contributed by atoms with Gasteiger partial charge in [0.25, 0.3) is 5.91 Å². The van der Waals surface area contributed by atoms with Crippen molar-refractivity contribution in [2.45, 2.75) is 32.4 Å². The molecule has 4 rings (SSSR count). The van der Waals surface area contributed by atoms with Crippen LogP contribution in [0.2, 0.25) is 0 Å². The van der Waals surface area contributed by atoms with Crippen LogP contribution in [-0.2, 0) is 13.0 Å². The average Bonchev–Trinajstić information content (AvgIpc) is 3.08. The van der Waals surface area contributed by atoms with Gasteiger partial charge in [-0.1, -0.05) is 30.3 Å². The van der Waals surface area contributed by atoms with E-state index < -0.39 is 0 Å². The first kappa shape index (κ1) is 19.8. The lowest BCUT2D eigenvalue weighted by molar-refractivity contribution is -0.605. The molecule has 0 spiro atoms. The number of carbonyl (C=O) groups is 1. The first-order chi connectivity index (χ1) is 14.5. The molecule has 0 saturated heterocycles. The number of methoxy groups -OCH3 is 1. The Morgan fingerprint density at radius 2 is 1.93 bits per heavy atom. The minimum atomic E-state index is -0.126. The monoisotopic (exact) mass is 404 g/mol. The summed E-state index contributed by atoms with van der Waals surface area (Å²) in [5, 5.41) is 11.6. The lowest BCUT2D eigenvalue weighted by Gasteiger charge is -2.21. The zero-order valence-corrected chi connectivity index (χ0v) is 17.1. The number of aromatic nitrogens is 1. The maximum atomic E-state index is 12.8. The summed E-state index contributed by atoms with van der Waals surface area (Å²) in [6.07, 6.45) is 4.53. The molecule has 0 saturated carbocycles. The Labute approximate surface area is 175 Å². The number of hydrogen-bond donors (Lipinski definition) is 0. The minimum Gasteiger partial charge on any atom is -0.619 e. The molecule has 0 fully saturated rings. The highest BCUT2D eigenvalue weighted by Gasteiger charge is 2.31. The van der Waals surface area contributed by atoms with Gasteiger partial charge in [-0.25, -0.2) is 0 Å². The summed E-state index contributed by atoms with van der Waals surface area (Å²) >= 11 is 0. The third kappa shape index (κ3) is 4.08. The Bertz CT molecular complexity index is 1050. The van der Waals surface area contributed by atoms with Crippen LogP contribution in [0.1, 0.15) is 34.8 Å². The van der Waals surface area contributed by atoms with E-state index in [1.807, 2.05) is 37.3 Å². The Kier molecular flexibility index (Phi) is 5.57. The quantitative estimate of drug-likeness (QED) is 0.443. The van der Waals surface area contributed by atoms with Gasteiger partial charge in [-0.15, -0.1) is 0 Å². The second kappa shape index (κ2) is 8.45. The maximum Gasteiger partial charge on any atom is 0.259 e. The van der Waals surface area contributed by atoms with Gasteiger partial charge in [0.05, 0.1) is 25.3 Å². The van der Waals surface area contributed by atoms with Crippen LogP contribution in [0.15, 0.2) is 67.0 Å². The number of ether oxygens (including phenoxy) is 2. The van der Waals surface area contributed by atoms with Gasteiger partial charge in [-0.05, 0) is 37.5 Å². The van der Waals surface area contributed by atoms with Crippen molar-refractivity contribution < 1.29 is 19.0 Å². The number of nitrogens with zero attached hydrogens (tertiary/aromatic N) is 2. The fraction of sp³-hybridized carbons (Fsp3) is 0.250. The molecule has 2 aromatic carbocycles. The zero-order valence-electron chi connectivity index (χ0n) is 17.1. The smallest absolute Gasteiger partial charge is 0.259 e. The largest absolute Gasteiger partial charge is 0.619 e. The number of anilines is 1. The number of pyridine rings is 1. The third-order valence-corrected chi connectivity index (χ3v) is 5.29. The van der Waals surface area contributed by atoms with Gasteiger partial charge in [-0.3, -0.25) is 4.79 Å². The molecule has 1 aliphatic heterocycles. The summed E-state index contributed by atoms with van der Waals surface area (Å²) in [5.41, 5.74) is 3.24. The molecule has 6 heteroatoms. The summed E-state index contributed by atoms with van der Waals surface area (Å²) in [5.74, 6) is 1.09. The van der Waals surface area contributed by atoms with Crippen LogP contribution in [0.25, 0.3) is 0 Å². The molecule has 0 radical (unpaired) electrons. The van der Waals surface area contributed by atoms with E-state index in [0.29, 0.717) is 39.6 Å². The number of fused-ring (bicyclic) bond motifs is 1. The van der Waals surface area contributed by atoms with Crippen LogP contribution in [0, 0.1) is 5.21 Å². The van der Waals surface area contributed by atoms with Crippen molar-refractivity contribution in [3.05, 3.63) is 88.9 Å². The van der Waals surface area contributed by atoms with Gasteiger partial charge in [-0.2, -0.15) is 4.73 Å². The highest BCUT2D eigenvalue weighted by molar-refractivity contribution is 6.09. The van der Waals surface area contributed by atoms with E-state index in [1.165, 1.54) is 18.0 Å². The highest BCUT2D eigenvalue weighted by Crippen LogP contribution is 2.36. The van der Waals surface area contributed by atoms with E-state index in [-0.39, 0.29) is 12.0 Å². The van der Waals surface area contributed by atoms with E-state index in [9.17, 15) is 10.0 Å². The number of hydrogen-bond acceptors (Lipinski definition) is 4. The van der Waals surface area contributed by atoms with E-state index in [1.54, 1.807) is 24.1 Å². The molecule has 154 valence electrons. The van der Waals surface area contributed by atoms with E-state index in [0.717, 1.165) is 12.8 Å². The van der Waals surface area contributed by atoms with Gasteiger partial charge < -0.3 is 19.6 Å². The summed E-state index contributed by atoms with van der Waals surface area (Å²) in [6, 6.07) is 17.3. The van der Waals surface area contributed by atoms with Crippen LogP contribution in [-0.4, -0.2) is 19.1 Å². The number of benzene rings is 2. The number of aryl methyl sites for hydroxylation is 1. The fourth-order valence-electron chi connectivity index (χ4n) is 3.67. The van der Waals surface area contributed by atoms with Crippen molar-refractivity contribution in [1.82, 2.24) is 0 Å². The van der Waals surface area contributed by atoms with Crippen LogP contribution in [0.5, 0.6) is 11.5 Å². The lowest BCUT2D eigenvalue weighted by atomic mass is 10.1. The molecule has 6 nitrogen and oxygen atoms in total. The first-order valence-corrected chi connectivity index (χ1v) is 9.97. The zero-order chi connectivity index (χ0) is 21.1. The molecular formula is C24H24N2O4. The standard InChI is InChI=1S/C24H24N2O4/c1-17(8-9-18-6-4-3-5-7-18)30-23-14-20(10-11-22(23)29-2)26-16-19-15-25(28)13-12-21(19)24(26)27/h3-7,10-15,17H,8-9,16H2,1-2H3. The average molecular weight is 404 g/mol. The van der Waals surface area contributed by atoms with E-state index in [2.05, 4.69) is 12.1 Å². The van der Waals surface area contributed by atoms with Crippen molar-refractivity contribution >= 4 is 11.6 Å². The molecule has 1 amide bonds. The van der Waals surface area contributed by atoms with E-state index >= 15 is 0 Å². The van der Waals surface area contributed by atoms with Crippen LogP contribution >= 0.6 is 0 Å². The number of rotatable bonds is 7. The Morgan fingerprint density at radius 3 is 2.70 bits per heavy atom. The second-order valence-corrected chi connectivity index (χ2v) is 7.42. The van der Waals surface area contributed by atoms with Crippen molar-refractivity contribution in [1.29, 1.82) is 0 Å². The Balaban J connectivity index is 1.50. The van der Waals surface area contributed by atoms with E-state index in [4.69, 9.17) is 9.47 Å². The molecule has 0 aliphatic carbocycles. The van der Waals surface area contributed by atoms with Gasteiger partial charge in [0.2, 0.25) is 0 Å². The topological polar surface area (TPSA) is 65.7 Å². The number of carbonyl (C=O) groups excluding carboxylic acids is 1. The van der Waals surface area contributed by atoms with Gasteiger partial charge in [0, 0.05) is 23.4 Å². The molecule has 1 atom stereocenters. The Hall–Kier alpha value is -3.54. The molecule has 0 bridgehead atoms. The molecule has 1 aliphatic rings. The van der Waals surface area contributed by atoms with Crippen LogP contribution in [0.3, 0.4) is 0 Å². The van der Waals surface area contributed by atoms with Crippen LogP contribution < -0.4 is 19.1 Å². The Morgan fingerprint density at radius 1 is 1.13 bits per heavy atom. The predicted octanol–water partition coefficient (Wildman–Crippen LogP) is 3.89. The SMILES string of the molecule is COc1ccc(N2Cc3c[n+]([O-])ccc3C2=O)cc1OC(C)CCc1ccccc1. The minimum absolute atomic E-state index is 0.0275. The van der Waals surface area contributed by atoms with Crippen molar-refractivity contribution in [2.75, 3.05) is 12.0 Å². The normalized spacial score (nSPS) is 13.8. The predicted molar refractivity (Wildman–Crippen MR) is 114 cm³/mol. The van der Waals surface area contributed by atoms with Crippen LogP contribution in [0.4, 0.5) is 5.69 Å². The molecular weight excluding hydrogens is 380 g/mol. The molecule has 1 unspecified atom stereocenters. The van der Waals surface area contributed by atoms with Gasteiger partial charge in [0.1, 0.15) is 0 Å². The molecule has 0 N–H and O–H groups in total. The van der Waals surface area contributed by atoms with Gasteiger partial charge in [0.15, 0.2) is 23.9 Å². The van der Waals surface area contributed by atoms with Crippen molar-refractivity contribution in [3.63, 3.8) is 0 Å². The highest BCUT2D eigenvalue weighted by atomic mass is 16.5. The van der Waals surface area contributed by atoms with Crippen molar-refractivity contribution in [2.24, 2.45) is 0 Å². The first-order valence-electron chi connectivity index (χ1n) is 9.97. The fourth-order valence-corrected chi connectivity index (χ4v) is 3.67. The summed E-state index contributed by atoms with van der Waals surface area (Å²) in [4.78, 5) is 14.4. The molecule has 2 heterocycles. The molecule has 1 aromatic heterocycles. The lowest BCUT2D eigenvalue weighted by Crippen LogP contribution is -2.25. The number of amides is 1. The summed E-state index contributed by atoms with van der Waals surface area (Å²) in [6.45, 7) is 2.38. The van der Waals surface area contributed by atoms with Gasteiger partial charge >= 0.3 is 0 Å². The maximum absolute atomic E-state index is 12.8. The van der Waals surface area contributed by atoms with Crippen molar-refractivity contribution in [3.8, 4) is 11.5 Å². The molecule has 3 aromatic rings. The second-order valence-electron chi connectivity index (χ2n) is 7.42.